The largest absolute Gasteiger partial charge is 0.493 e. The fourth-order valence-electron chi connectivity index (χ4n) is 5.38. The molecule has 0 fully saturated rings. The average Bonchev–Trinajstić information content (AvgIpc) is 2.88. The van der Waals surface area contributed by atoms with E-state index in [2.05, 4.69) is 6.07 Å². The standard InChI is InChI=1S/C28H29NO5/c1-29-26-20(19-12-13-22(31-2)27(33-4)25(19)28(29)30)11-10-18-14-24(23(32-3)15-21(18)26)34-16-17-8-6-5-7-9-17/h5-9,12-15,20,26H,10-11,16H2,1-4H3/t20-,26+/m1/s1. The van der Waals surface area contributed by atoms with Crippen LogP contribution in [-0.2, 0) is 13.0 Å². The Hall–Kier alpha value is -3.67. The van der Waals surface area contributed by atoms with Gasteiger partial charge >= 0.3 is 0 Å². The van der Waals surface area contributed by atoms with Crippen LogP contribution in [0.2, 0.25) is 0 Å². The maximum absolute atomic E-state index is 13.5. The Labute approximate surface area is 200 Å². The number of amides is 1. The molecule has 0 spiro atoms. The molecule has 0 aromatic heterocycles. The van der Waals surface area contributed by atoms with Crippen molar-refractivity contribution in [3.8, 4) is 23.0 Å². The topological polar surface area (TPSA) is 57.2 Å². The van der Waals surface area contributed by atoms with E-state index in [1.807, 2.05) is 60.5 Å². The number of nitrogens with zero attached hydrogens (tertiary/aromatic N) is 1. The number of benzene rings is 3. The number of rotatable bonds is 6. The predicted octanol–water partition coefficient (Wildman–Crippen LogP) is 5.15. The summed E-state index contributed by atoms with van der Waals surface area (Å²) in [5.41, 5.74) is 5.01. The number of methoxy groups -OCH3 is 3. The number of hydrogen-bond donors (Lipinski definition) is 0. The maximum atomic E-state index is 13.5. The van der Waals surface area contributed by atoms with Crippen LogP contribution in [0.3, 0.4) is 0 Å². The molecule has 0 unspecified atom stereocenters. The van der Waals surface area contributed by atoms with Gasteiger partial charge in [-0.05, 0) is 53.3 Å². The van der Waals surface area contributed by atoms with Gasteiger partial charge in [0.25, 0.3) is 5.91 Å². The van der Waals surface area contributed by atoms with Crippen LogP contribution in [0.15, 0.2) is 54.6 Å². The average molecular weight is 460 g/mol. The monoisotopic (exact) mass is 459 g/mol. The zero-order valence-corrected chi connectivity index (χ0v) is 20.0. The number of likely N-dealkylation sites (N-methyl/N-ethyl adjacent to an activating group) is 1. The second-order valence-corrected chi connectivity index (χ2v) is 8.75. The van der Waals surface area contributed by atoms with Gasteiger partial charge in [0, 0.05) is 13.0 Å². The molecule has 1 aliphatic heterocycles. The highest BCUT2D eigenvalue weighted by molar-refractivity contribution is 6.01. The van der Waals surface area contributed by atoms with Crippen molar-refractivity contribution in [2.45, 2.75) is 31.4 Å². The second-order valence-electron chi connectivity index (χ2n) is 8.75. The molecule has 0 N–H and O–H groups in total. The van der Waals surface area contributed by atoms with Crippen LogP contribution < -0.4 is 18.9 Å². The molecule has 0 bridgehead atoms. The Morgan fingerprint density at radius 2 is 1.65 bits per heavy atom. The summed E-state index contributed by atoms with van der Waals surface area (Å²) in [6.45, 7) is 0.468. The fraction of sp³-hybridized carbons (Fsp3) is 0.321. The van der Waals surface area contributed by atoms with Gasteiger partial charge in [-0.2, -0.15) is 0 Å². The first-order valence-electron chi connectivity index (χ1n) is 11.5. The lowest BCUT2D eigenvalue weighted by Gasteiger charge is -2.44. The minimum atomic E-state index is -0.0843. The van der Waals surface area contributed by atoms with Gasteiger partial charge in [-0.15, -0.1) is 0 Å². The molecule has 34 heavy (non-hydrogen) atoms. The van der Waals surface area contributed by atoms with Crippen molar-refractivity contribution >= 4 is 5.91 Å². The quantitative estimate of drug-likeness (QED) is 0.510. The molecule has 3 aromatic carbocycles. The summed E-state index contributed by atoms with van der Waals surface area (Å²) in [6, 6.07) is 18.0. The number of carbonyl (C=O) groups is 1. The Balaban J connectivity index is 1.53. The molecule has 0 radical (unpaired) electrons. The highest BCUT2D eigenvalue weighted by Crippen LogP contribution is 2.53. The summed E-state index contributed by atoms with van der Waals surface area (Å²) in [5.74, 6) is 2.56. The molecule has 0 saturated heterocycles. The van der Waals surface area contributed by atoms with Crippen LogP contribution in [0.5, 0.6) is 23.0 Å². The SMILES string of the molecule is COc1cc2c(cc1OCc1ccccc1)CC[C@@H]1c3ccc(OC)c(OC)c3C(=O)N(C)[C@H]21. The number of carbonyl (C=O) groups excluding carboxylic acids is 1. The van der Waals surface area contributed by atoms with Crippen molar-refractivity contribution in [3.63, 3.8) is 0 Å². The normalized spacial score (nSPS) is 18.5. The minimum absolute atomic E-state index is 0.0665. The lowest BCUT2D eigenvalue weighted by molar-refractivity contribution is 0.0651. The lowest BCUT2D eigenvalue weighted by atomic mass is 9.71. The molecule has 6 nitrogen and oxygen atoms in total. The highest BCUT2D eigenvalue weighted by Gasteiger charge is 2.44. The van der Waals surface area contributed by atoms with Gasteiger partial charge in [0.05, 0.1) is 32.9 Å². The van der Waals surface area contributed by atoms with Crippen LogP contribution in [0.25, 0.3) is 0 Å². The molecular formula is C28H29NO5. The third-order valence-electron chi connectivity index (χ3n) is 7.02. The van der Waals surface area contributed by atoms with E-state index in [1.165, 1.54) is 5.56 Å². The van der Waals surface area contributed by atoms with Crippen molar-refractivity contribution in [3.05, 3.63) is 82.4 Å². The number of ether oxygens (including phenoxy) is 4. The smallest absolute Gasteiger partial charge is 0.258 e. The summed E-state index contributed by atoms with van der Waals surface area (Å²) < 4.78 is 22.9. The molecule has 1 amide bonds. The number of fused-ring (bicyclic) bond motifs is 5. The minimum Gasteiger partial charge on any atom is -0.493 e. The van der Waals surface area contributed by atoms with Crippen LogP contribution in [0.1, 0.15) is 51.0 Å². The molecule has 2 aliphatic rings. The Morgan fingerprint density at radius 3 is 2.35 bits per heavy atom. The van der Waals surface area contributed by atoms with Crippen molar-refractivity contribution in [2.24, 2.45) is 0 Å². The highest BCUT2D eigenvalue weighted by atomic mass is 16.5. The molecule has 2 atom stereocenters. The zero-order valence-electron chi connectivity index (χ0n) is 20.0. The van der Waals surface area contributed by atoms with Crippen molar-refractivity contribution in [2.75, 3.05) is 28.4 Å². The van der Waals surface area contributed by atoms with E-state index in [9.17, 15) is 4.79 Å². The van der Waals surface area contributed by atoms with Crippen molar-refractivity contribution < 1.29 is 23.7 Å². The van der Waals surface area contributed by atoms with Gasteiger partial charge < -0.3 is 23.8 Å². The fourth-order valence-corrected chi connectivity index (χ4v) is 5.38. The molecule has 1 heterocycles. The van der Waals surface area contributed by atoms with E-state index in [-0.39, 0.29) is 17.9 Å². The summed E-state index contributed by atoms with van der Waals surface area (Å²) in [4.78, 5) is 15.4. The molecule has 1 aliphatic carbocycles. The van der Waals surface area contributed by atoms with Gasteiger partial charge in [0.2, 0.25) is 0 Å². The number of hydrogen-bond acceptors (Lipinski definition) is 5. The van der Waals surface area contributed by atoms with E-state index < -0.39 is 0 Å². The first-order valence-corrected chi connectivity index (χ1v) is 11.5. The van der Waals surface area contributed by atoms with E-state index in [0.717, 1.165) is 35.3 Å². The van der Waals surface area contributed by atoms with Gasteiger partial charge in [-0.25, -0.2) is 0 Å². The van der Waals surface area contributed by atoms with Gasteiger partial charge in [0.15, 0.2) is 23.0 Å². The van der Waals surface area contributed by atoms with E-state index in [4.69, 9.17) is 18.9 Å². The van der Waals surface area contributed by atoms with Gasteiger partial charge in [0.1, 0.15) is 6.61 Å². The third kappa shape index (κ3) is 3.54. The predicted molar refractivity (Wildman–Crippen MR) is 129 cm³/mol. The molecule has 0 saturated carbocycles. The molecule has 3 aromatic rings. The van der Waals surface area contributed by atoms with Crippen molar-refractivity contribution in [1.29, 1.82) is 0 Å². The van der Waals surface area contributed by atoms with E-state index in [1.54, 1.807) is 21.3 Å². The Bertz CT molecular complexity index is 1220. The molecular weight excluding hydrogens is 430 g/mol. The van der Waals surface area contributed by atoms with Gasteiger partial charge in [-0.1, -0.05) is 36.4 Å². The van der Waals surface area contributed by atoms with Crippen LogP contribution in [-0.4, -0.2) is 39.2 Å². The van der Waals surface area contributed by atoms with Crippen LogP contribution in [0.4, 0.5) is 0 Å². The first-order chi connectivity index (χ1) is 16.6. The first kappa shape index (κ1) is 22.1. The van der Waals surface area contributed by atoms with Crippen LogP contribution in [0, 0.1) is 0 Å². The Kier molecular flexibility index (Phi) is 5.82. The van der Waals surface area contributed by atoms with E-state index >= 15 is 0 Å². The summed E-state index contributed by atoms with van der Waals surface area (Å²) in [7, 11) is 6.68. The number of aryl methyl sites for hydroxylation is 1. The summed E-state index contributed by atoms with van der Waals surface area (Å²) in [6.07, 6.45) is 1.81. The van der Waals surface area contributed by atoms with E-state index in [0.29, 0.717) is 29.4 Å². The lowest BCUT2D eigenvalue weighted by Crippen LogP contribution is -2.42. The summed E-state index contributed by atoms with van der Waals surface area (Å²) in [5, 5.41) is 0. The molecule has 176 valence electrons. The van der Waals surface area contributed by atoms with Gasteiger partial charge in [-0.3, -0.25) is 4.79 Å². The summed E-state index contributed by atoms with van der Waals surface area (Å²) >= 11 is 0. The maximum Gasteiger partial charge on any atom is 0.258 e. The van der Waals surface area contributed by atoms with Crippen LogP contribution >= 0.6 is 0 Å². The second kappa shape index (κ2) is 8.93. The Morgan fingerprint density at radius 1 is 0.882 bits per heavy atom. The molecule has 5 rings (SSSR count). The third-order valence-corrected chi connectivity index (χ3v) is 7.02. The zero-order chi connectivity index (χ0) is 23.8. The van der Waals surface area contributed by atoms with Crippen molar-refractivity contribution in [1.82, 2.24) is 4.90 Å². The molecule has 6 heteroatoms.